The van der Waals surface area contributed by atoms with Crippen LogP contribution in [0, 0.1) is 0 Å². The smallest absolute Gasteiger partial charge is 0.329 e. The van der Waals surface area contributed by atoms with E-state index in [9.17, 15) is 9.59 Å². The maximum atomic E-state index is 12.1. The molecule has 1 aromatic rings. The van der Waals surface area contributed by atoms with E-state index in [1.165, 1.54) is 12.3 Å². The Bertz CT molecular complexity index is 621. The SMILES string of the molecule is O=C(O)[C@H](CO)N1C(=O)/C(=C/C=C/c2ccco2)SC1=S. The first-order valence-corrected chi connectivity index (χ1v) is 7.08. The quantitative estimate of drug-likeness (QED) is 0.626. The number of amides is 1. The molecule has 0 bridgehead atoms. The molecule has 1 aromatic heterocycles. The van der Waals surface area contributed by atoms with Crippen LogP contribution in [0.5, 0.6) is 0 Å². The Balaban J connectivity index is 2.15. The van der Waals surface area contributed by atoms with Gasteiger partial charge in [-0.2, -0.15) is 0 Å². The van der Waals surface area contributed by atoms with Gasteiger partial charge in [-0.1, -0.05) is 30.1 Å². The number of allylic oxidation sites excluding steroid dienone is 2. The zero-order valence-corrected chi connectivity index (χ0v) is 12.3. The van der Waals surface area contributed by atoms with Crippen LogP contribution in [-0.2, 0) is 9.59 Å². The molecular weight excluding hydrogens is 314 g/mol. The summed E-state index contributed by atoms with van der Waals surface area (Å²) in [5, 5.41) is 18.1. The molecule has 0 aromatic carbocycles. The summed E-state index contributed by atoms with van der Waals surface area (Å²) in [6.07, 6.45) is 6.32. The second-order valence-electron chi connectivity index (χ2n) is 3.99. The van der Waals surface area contributed by atoms with Crippen molar-refractivity contribution in [2.24, 2.45) is 0 Å². The number of nitrogens with zero attached hydrogens (tertiary/aromatic N) is 1. The largest absolute Gasteiger partial charge is 0.480 e. The Morgan fingerprint density at radius 3 is 2.90 bits per heavy atom. The molecule has 2 N–H and O–H groups in total. The van der Waals surface area contributed by atoms with Crippen LogP contribution in [0.25, 0.3) is 6.08 Å². The third-order valence-electron chi connectivity index (χ3n) is 2.64. The average molecular weight is 325 g/mol. The summed E-state index contributed by atoms with van der Waals surface area (Å²) in [7, 11) is 0. The maximum Gasteiger partial charge on any atom is 0.329 e. The summed E-state index contributed by atoms with van der Waals surface area (Å²) >= 11 is 5.99. The number of hydrogen-bond acceptors (Lipinski definition) is 6. The summed E-state index contributed by atoms with van der Waals surface area (Å²) in [6, 6.07) is 2.12. The van der Waals surface area contributed by atoms with Crippen molar-refractivity contribution in [2.45, 2.75) is 6.04 Å². The van der Waals surface area contributed by atoms with Gasteiger partial charge in [0.05, 0.1) is 17.8 Å². The molecule has 1 amide bonds. The number of carboxylic acids is 1. The van der Waals surface area contributed by atoms with Crippen LogP contribution in [0.4, 0.5) is 0 Å². The number of carbonyl (C=O) groups is 2. The van der Waals surface area contributed by atoms with Gasteiger partial charge in [-0.25, -0.2) is 4.79 Å². The summed E-state index contributed by atoms with van der Waals surface area (Å²) in [4.78, 5) is 24.4. The summed E-state index contributed by atoms with van der Waals surface area (Å²) in [5.74, 6) is -1.21. The first-order chi connectivity index (χ1) is 10.0. The number of carbonyl (C=O) groups excluding carboxylic acids is 1. The lowest BCUT2D eigenvalue weighted by Gasteiger charge is -2.20. The van der Waals surface area contributed by atoms with Crippen LogP contribution in [0.2, 0.25) is 0 Å². The first kappa shape index (κ1) is 15.5. The fourth-order valence-corrected chi connectivity index (χ4v) is 2.96. The maximum absolute atomic E-state index is 12.1. The lowest BCUT2D eigenvalue weighted by atomic mass is 10.2. The monoisotopic (exact) mass is 325 g/mol. The van der Waals surface area contributed by atoms with E-state index in [-0.39, 0.29) is 4.32 Å². The van der Waals surface area contributed by atoms with Crippen molar-refractivity contribution in [2.75, 3.05) is 6.61 Å². The lowest BCUT2D eigenvalue weighted by Crippen LogP contribution is -2.46. The van der Waals surface area contributed by atoms with Crippen LogP contribution in [0.15, 0.2) is 39.9 Å². The Morgan fingerprint density at radius 1 is 1.57 bits per heavy atom. The van der Waals surface area contributed by atoms with Crippen molar-refractivity contribution in [3.8, 4) is 0 Å². The summed E-state index contributed by atoms with van der Waals surface area (Å²) < 4.78 is 5.21. The van der Waals surface area contributed by atoms with Crippen molar-refractivity contribution >= 4 is 46.3 Å². The van der Waals surface area contributed by atoms with E-state index in [2.05, 4.69) is 0 Å². The van der Waals surface area contributed by atoms with Gasteiger partial charge in [-0.15, -0.1) is 0 Å². The fraction of sp³-hybridized carbons (Fsp3) is 0.154. The molecule has 21 heavy (non-hydrogen) atoms. The molecule has 0 aliphatic carbocycles. The molecule has 8 heteroatoms. The number of rotatable bonds is 5. The number of aliphatic carboxylic acids is 1. The van der Waals surface area contributed by atoms with Crippen molar-refractivity contribution in [1.82, 2.24) is 4.90 Å². The number of thioether (sulfide) groups is 1. The van der Waals surface area contributed by atoms with Gasteiger partial charge in [-0.3, -0.25) is 9.69 Å². The molecule has 0 saturated carbocycles. The van der Waals surface area contributed by atoms with Crippen LogP contribution in [0.1, 0.15) is 5.76 Å². The van der Waals surface area contributed by atoms with Gasteiger partial charge < -0.3 is 14.6 Å². The molecule has 110 valence electrons. The van der Waals surface area contributed by atoms with E-state index in [1.807, 2.05) is 0 Å². The van der Waals surface area contributed by atoms with Gasteiger partial charge in [0.2, 0.25) is 0 Å². The number of hydrogen-bond donors (Lipinski definition) is 2. The molecule has 1 saturated heterocycles. The highest BCUT2D eigenvalue weighted by atomic mass is 32.2. The molecule has 2 heterocycles. The minimum atomic E-state index is -1.36. The van der Waals surface area contributed by atoms with E-state index >= 15 is 0 Å². The lowest BCUT2D eigenvalue weighted by molar-refractivity contribution is -0.146. The molecule has 0 radical (unpaired) electrons. The summed E-state index contributed by atoms with van der Waals surface area (Å²) in [6.45, 7) is -0.697. The third-order valence-corrected chi connectivity index (χ3v) is 3.99. The minimum absolute atomic E-state index is 0.110. The number of aliphatic hydroxyl groups excluding tert-OH is 1. The zero-order valence-electron chi connectivity index (χ0n) is 10.6. The molecule has 1 aliphatic heterocycles. The fourth-order valence-electron chi connectivity index (χ4n) is 1.65. The molecule has 1 fully saturated rings. The molecule has 1 aliphatic rings. The molecule has 2 rings (SSSR count). The number of thiocarbonyl (C=S) groups is 1. The molecule has 0 spiro atoms. The third kappa shape index (κ3) is 3.41. The van der Waals surface area contributed by atoms with Crippen LogP contribution >= 0.6 is 24.0 Å². The van der Waals surface area contributed by atoms with Gasteiger partial charge in [0.15, 0.2) is 6.04 Å². The molecular formula is C13H11NO5S2. The second kappa shape index (κ2) is 6.70. The Labute approximate surface area is 129 Å². The molecule has 6 nitrogen and oxygen atoms in total. The summed E-state index contributed by atoms with van der Waals surface area (Å²) in [5.41, 5.74) is 0. The first-order valence-electron chi connectivity index (χ1n) is 5.85. The van der Waals surface area contributed by atoms with Crippen LogP contribution < -0.4 is 0 Å². The van der Waals surface area contributed by atoms with E-state index in [0.29, 0.717) is 10.7 Å². The van der Waals surface area contributed by atoms with Crippen molar-refractivity contribution < 1.29 is 24.2 Å². The van der Waals surface area contributed by atoms with Gasteiger partial charge in [-0.05, 0) is 24.3 Å². The van der Waals surface area contributed by atoms with Crippen molar-refractivity contribution in [3.05, 3.63) is 41.2 Å². The Hall–Kier alpha value is -1.90. The highest BCUT2D eigenvalue weighted by molar-refractivity contribution is 8.26. The predicted octanol–water partition coefficient (Wildman–Crippen LogP) is 1.48. The highest BCUT2D eigenvalue weighted by Crippen LogP contribution is 2.32. The molecule has 1 atom stereocenters. The Morgan fingerprint density at radius 2 is 2.33 bits per heavy atom. The molecule has 0 unspecified atom stereocenters. The van der Waals surface area contributed by atoms with Gasteiger partial charge in [0, 0.05) is 0 Å². The zero-order chi connectivity index (χ0) is 15.4. The topological polar surface area (TPSA) is 91.0 Å². The van der Waals surface area contributed by atoms with Crippen molar-refractivity contribution in [3.63, 3.8) is 0 Å². The van der Waals surface area contributed by atoms with E-state index in [1.54, 1.807) is 24.3 Å². The van der Waals surface area contributed by atoms with Gasteiger partial charge in [0.25, 0.3) is 5.91 Å². The van der Waals surface area contributed by atoms with Crippen LogP contribution in [0.3, 0.4) is 0 Å². The highest BCUT2D eigenvalue weighted by Gasteiger charge is 2.39. The predicted molar refractivity (Wildman–Crippen MR) is 81.4 cm³/mol. The van der Waals surface area contributed by atoms with E-state index in [4.69, 9.17) is 26.8 Å². The van der Waals surface area contributed by atoms with E-state index in [0.717, 1.165) is 16.7 Å². The van der Waals surface area contributed by atoms with Crippen LogP contribution in [-0.4, -0.2) is 44.0 Å². The second-order valence-corrected chi connectivity index (χ2v) is 5.66. The van der Waals surface area contributed by atoms with Gasteiger partial charge in [0.1, 0.15) is 10.1 Å². The number of carboxylic acid groups (broad SMARTS) is 1. The van der Waals surface area contributed by atoms with Gasteiger partial charge >= 0.3 is 5.97 Å². The van der Waals surface area contributed by atoms with Crippen molar-refractivity contribution in [1.29, 1.82) is 0 Å². The number of furan rings is 1. The number of aliphatic hydroxyl groups is 1. The Kier molecular flexibility index (Phi) is 4.94. The average Bonchev–Trinajstić information content (AvgIpc) is 3.03. The van der Waals surface area contributed by atoms with E-state index < -0.39 is 24.5 Å². The minimum Gasteiger partial charge on any atom is -0.480 e. The normalized spacial score (nSPS) is 18.9. The standard InChI is InChI=1S/C13H11NO5S2/c15-7-9(12(17)18)14-11(16)10(21-13(14)20)5-1-3-8-4-2-6-19-8/h1-6,9,15H,7H2,(H,17,18)/b3-1+,10-5-/t9-/m0/s1.